The summed E-state index contributed by atoms with van der Waals surface area (Å²) in [5.41, 5.74) is 1.67. The van der Waals surface area contributed by atoms with Gasteiger partial charge in [0.1, 0.15) is 0 Å². The van der Waals surface area contributed by atoms with E-state index in [1.807, 2.05) is 30.3 Å². The molecular weight excluding hydrogens is 292 g/mol. The van der Waals surface area contributed by atoms with E-state index in [1.165, 1.54) is 17.3 Å². The van der Waals surface area contributed by atoms with E-state index in [2.05, 4.69) is 9.97 Å². The van der Waals surface area contributed by atoms with Crippen LogP contribution in [0.15, 0.2) is 58.5 Å². The number of halogens is 1. The lowest BCUT2D eigenvalue weighted by molar-refractivity contribution is 0.973. The second kappa shape index (κ2) is 5.69. The topological polar surface area (TPSA) is 45.8 Å². The first-order valence-electron chi connectivity index (χ1n) is 6.09. The molecule has 3 nitrogen and oxygen atoms in total. The van der Waals surface area contributed by atoms with Gasteiger partial charge >= 0.3 is 0 Å². The normalized spacial score (nSPS) is 10.8. The number of hydrogen-bond donors (Lipinski definition) is 1. The van der Waals surface area contributed by atoms with Crippen LogP contribution in [0.4, 0.5) is 0 Å². The van der Waals surface area contributed by atoms with Gasteiger partial charge in [-0.05, 0) is 23.8 Å². The first kappa shape index (κ1) is 13.2. The van der Waals surface area contributed by atoms with Crippen LogP contribution >= 0.6 is 23.4 Å². The van der Waals surface area contributed by atoms with E-state index >= 15 is 0 Å². The molecule has 0 unspecified atom stereocenters. The van der Waals surface area contributed by atoms with Gasteiger partial charge in [-0.1, -0.05) is 53.7 Å². The maximum atomic E-state index is 12.0. The molecule has 0 aliphatic carbocycles. The maximum absolute atomic E-state index is 12.0. The Labute approximate surface area is 125 Å². The molecular formula is C15H11ClN2OS. The number of benzene rings is 2. The fraction of sp³-hybridized carbons (Fsp3) is 0.0667. The Morgan fingerprint density at radius 3 is 2.75 bits per heavy atom. The Morgan fingerprint density at radius 2 is 1.95 bits per heavy atom. The van der Waals surface area contributed by atoms with Crippen LogP contribution in [0.5, 0.6) is 0 Å². The first-order chi connectivity index (χ1) is 9.72. The zero-order valence-corrected chi connectivity index (χ0v) is 12.0. The standard InChI is InChI=1S/C15H11ClN2OS/c16-11-6-7-12-13(8-11)17-15(18-14(12)19)20-9-10-4-2-1-3-5-10/h1-8H,9H2,(H,17,18,19). The molecule has 1 aromatic heterocycles. The molecule has 3 rings (SSSR count). The third-order valence-electron chi connectivity index (χ3n) is 2.87. The molecule has 100 valence electrons. The zero-order valence-electron chi connectivity index (χ0n) is 10.5. The van der Waals surface area contributed by atoms with Crippen molar-refractivity contribution in [2.45, 2.75) is 10.9 Å². The van der Waals surface area contributed by atoms with Crippen molar-refractivity contribution in [2.75, 3.05) is 0 Å². The lowest BCUT2D eigenvalue weighted by Gasteiger charge is -2.03. The largest absolute Gasteiger partial charge is 0.301 e. The third kappa shape index (κ3) is 2.86. The van der Waals surface area contributed by atoms with Crippen LogP contribution in [-0.2, 0) is 5.75 Å². The summed E-state index contributed by atoms with van der Waals surface area (Å²) >= 11 is 7.44. The summed E-state index contributed by atoms with van der Waals surface area (Å²) in [6, 6.07) is 15.1. The summed E-state index contributed by atoms with van der Waals surface area (Å²) in [6.45, 7) is 0. The second-order valence-electron chi connectivity index (χ2n) is 4.31. The minimum Gasteiger partial charge on any atom is -0.301 e. The number of hydrogen-bond acceptors (Lipinski definition) is 3. The van der Waals surface area contributed by atoms with Crippen molar-refractivity contribution in [3.05, 3.63) is 69.5 Å². The maximum Gasteiger partial charge on any atom is 0.259 e. The van der Waals surface area contributed by atoms with Gasteiger partial charge in [-0.25, -0.2) is 4.98 Å². The molecule has 0 saturated heterocycles. The molecule has 0 radical (unpaired) electrons. The Bertz CT molecular complexity index is 802. The number of aromatic amines is 1. The molecule has 0 aliphatic rings. The minimum absolute atomic E-state index is 0.137. The summed E-state index contributed by atoms with van der Waals surface area (Å²) in [7, 11) is 0. The van der Waals surface area contributed by atoms with Gasteiger partial charge in [-0.15, -0.1) is 0 Å². The Balaban J connectivity index is 1.90. The van der Waals surface area contributed by atoms with Gasteiger partial charge < -0.3 is 4.98 Å². The Hall–Kier alpha value is -1.78. The predicted molar refractivity (Wildman–Crippen MR) is 83.4 cm³/mol. The quantitative estimate of drug-likeness (QED) is 0.590. The van der Waals surface area contributed by atoms with Gasteiger partial charge in [-0.2, -0.15) is 0 Å². The first-order valence-corrected chi connectivity index (χ1v) is 7.45. The monoisotopic (exact) mass is 302 g/mol. The molecule has 0 amide bonds. The van der Waals surface area contributed by atoms with Crippen molar-refractivity contribution >= 4 is 34.3 Å². The highest BCUT2D eigenvalue weighted by atomic mass is 35.5. The third-order valence-corrected chi connectivity index (χ3v) is 4.04. The van der Waals surface area contributed by atoms with Crippen LogP contribution in [0.2, 0.25) is 5.02 Å². The number of thioether (sulfide) groups is 1. The van der Waals surface area contributed by atoms with E-state index in [-0.39, 0.29) is 5.56 Å². The minimum atomic E-state index is -0.137. The molecule has 3 aromatic rings. The number of nitrogens with one attached hydrogen (secondary N) is 1. The van der Waals surface area contributed by atoms with E-state index in [1.54, 1.807) is 18.2 Å². The fourth-order valence-corrected chi connectivity index (χ4v) is 2.88. The van der Waals surface area contributed by atoms with Crippen molar-refractivity contribution in [1.29, 1.82) is 0 Å². The summed E-state index contributed by atoms with van der Waals surface area (Å²) < 4.78 is 0. The molecule has 1 N–H and O–H groups in total. The van der Waals surface area contributed by atoms with Crippen LogP contribution in [-0.4, -0.2) is 9.97 Å². The van der Waals surface area contributed by atoms with E-state index in [0.29, 0.717) is 21.1 Å². The molecule has 2 aromatic carbocycles. The highest BCUT2D eigenvalue weighted by molar-refractivity contribution is 7.98. The molecule has 0 atom stereocenters. The molecule has 0 bridgehead atoms. The molecule has 20 heavy (non-hydrogen) atoms. The summed E-state index contributed by atoms with van der Waals surface area (Å²) in [5.74, 6) is 0.760. The van der Waals surface area contributed by atoms with Gasteiger partial charge in [0.05, 0.1) is 10.9 Å². The SMILES string of the molecule is O=c1[nH]c(SCc2ccccc2)nc2cc(Cl)ccc12. The Kier molecular flexibility index (Phi) is 3.76. The molecule has 0 saturated carbocycles. The van der Waals surface area contributed by atoms with Gasteiger partial charge in [0, 0.05) is 10.8 Å². The summed E-state index contributed by atoms with van der Waals surface area (Å²) in [6.07, 6.45) is 0. The van der Waals surface area contributed by atoms with E-state index in [9.17, 15) is 4.79 Å². The average Bonchev–Trinajstić information content (AvgIpc) is 2.46. The predicted octanol–water partition coefficient (Wildman–Crippen LogP) is 3.87. The molecule has 0 aliphatic heterocycles. The fourth-order valence-electron chi connectivity index (χ4n) is 1.89. The van der Waals surface area contributed by atoms with Crippen molar-refractivity contribution < 1.29 is 0 Å². The molecule has 1 heterocycles. The lowest BCUT2D eigenvalue weighted by atomic mass is 10.2. The summed E-state index contributed by atoms with van der Waals surface area (Å²) in [5, 5.41) is 1.74. The molecule has 5 heteroatoms. The number of aromatic nitrogens is 2. The average molecular weight is 303 g/mol. The number of nitrogens with zero attached hydrogens (tertiary/aromatic N) is 1. The number of fused-ring (bicyclic) bond motifs is 1. The van der Waals surface area contributed by atoms with Crippen LogP contribution in [0.3, 0.4) is 0 Å². The highest BCUT2D eigenvalue weighted by Crippen LogP contribution is 2.21. The van der Waals surface area contributed by atoms with Gasteiger partial charge in [0.15, 0.2) is 5.16 Å². The van der Waals surface area contributed by atoms with Crippen LogP contribution < -0.4 is 5.56 Å². The van der Waals surface area contributed by atoms with Crippen LogP contribution in [0.25, 0.3) is 10.9 Å². The van der Waals surface area contributed by atoms with E-state index < -0.39 is 0 Å². The van der Waals surface area contributed by atoms with E-state index in [0.717, 1.165) is 5.75 Å². The smallest absolute Gasteiger partial charge is 0.259 e. The highest BCUT2D eigenvalue weighted by Gasteiger charge is 2.05. The van der Waals surface area contributed by atoms with Gasteiger partial charge in [-0.3, -0.25) is 4.79 Å². The Morgan fingerprint density at radius 1 is 1.15 bits per heavy atom. The number of H-pyrrole nitrogens is 1. The van der Waals surface area contributed by atoms with Crippen molar-refractivity contribution in [3.63, 3.8) is 0 Å². The van der Waals surface area contributed by atoms with Crippen LogP contribution in [0.1, 0.15) is 5.56 Å². The van der Waals surface area contributed by atoms with Gasteiger partial charge in [0.25, 0.3) is 5.56 Å². The summed E-state index contributed by atoms with van der Waals surface area (Å²) in [4.78, 5) is 19.2. The number of rotatable bonds is 3. The second-order valence-corrected chi connectivity index (χ2v) is 5.71. The van der Waals surface area contributed by atoms with Crippen molar-refractivity contribution in [3.8, 4) is 0 Å². The van der Waals surface area contributed by atoms with Gasteiger partial charge in [0.2, 0.25) is 0 Å². The van der Waals surface area contributed by atoms with Crippen LogP contribution in [0, 0.1) is 0 Å². The molecule has 0 fully saturated rings. The zero-order chi connectivity index (χ0) is 13.9. The lowest BCUT2D eigenvalue weighted by Crippen LogP contribution is -2.09. The van der Waals surface area contributed by atoms with Crippen molar-refractivity contribution in [1.82, 2.24) is 9.97 Å². The van der Waals surface area contributed by atoms with E-state index in [4.69, 9.17) is 11.6 Å². The molecule has 0 spiro atoms. The van der Waals surface area contributed by atoms with Crippen molar-refractivity contribution in [2.24, 2.45) is 0 Å².